The summed E-state index contributed by atoms with van der Waals surface area (Å²) in [6.45, 7) is 4.28. The Kier molecular flexibility index (Phi) is 8.97. The number of benzene rings is 7. The molecule has 0 spiro atoms. The van der Waals surface area contributed by atoms with E-state index in [1.54, 1.807) is 0 Å². The number of rotatable bonds is 9. The maximum atomic E-state index is 2.32. The lowest BCUT2D eigenvalue weighted by Crippen LogP contribution is -2.10. The van der Waals surface area contributed by atoms with Gasteiger partial charge in [0.25, 0.3) is 0 Å². The van der Waals surface area contributed by atoms with Crippen LogP contribution in [0.1, 0.15) is 22.3 Å². The summed E-state index contributed by atoms with van der Waals surface area (Å²) in [5.41, 5.74) is 14.0. The summed E-state index contributed by atoms with van der Waals surface area (Å²) in [5.74, 6) is 0. The van der Waals surface area contributed by atoms with Crippen molar-refractivity contribution < 1.29 is 0 Å². The number of aryl methyl sites for hydroxylation is 2. The molecule has 0 unspecified atom stereocenters. The molecule has 0 heterocycles. The number of hydrogen-bond donors (Lipinski definition) is 0. The van der Waals surface area contributed by atoms with Crippen LogP contribution in [0, 0.1) is 13.8 Å². The van der Waals surface area contributed by atoms with Crippen molar-refractivity contribution in [2.75, 3.05) is 9.80 Å². The third-order valence-corrected chi connectivity index (χ3v) is 8.54. The first kappa shape index (κ1) is 30.5. The molecule has 0 aromatic heterocycles. The number of para-hydroxylation sites is 1. The Labute approximate surface area is 284 Å². The molecule has 2 heteroatoms. The molecule has 7 aromatic carbocycles. The summed E-state index contributed by atoms with van der Waals surface area (Å²) < 4.78 is 0. The molecule has 0 bridgehead atoms. The molecule has 0 atom stereocenters. The zero-order valence-electron chi connectivity index (χ0n) is 27.4. The minimum Gasteiger partial charge on any atom is -0.311 e. The van der Waals surface area contributed by atoms with Gasteiger partial charge in [-0.2, -0.15) is 0 Å². The van der Waals surface area contributed by atoms with E-state index in [1.807, 2.05) is 0 Å². The molecule has 0 saturated heterocycles. The van der Waals surface area contributed by atoms with Gasteiger partial charge in [0.15, 0.2) is 0 Å². The summed E-state index contributed by atoms with van der Waals surface area (Å²) >= 11 is 0. The fraction of sp³-hybridized carbons (Fsp3) is 0.0435. The van der Waals surface area contributed by atoms with Crippen LogP contribution in [0.15, 0.2) is 182 Å². The van der Waals surface area contributed by atoms with Crippen LogP contribution in [0.5, 0.6) is 0 Å². The molecular weight excluding hydrogens is 581 g/mol. The van der Waals surface area contributed by atoms with Crippen LogP contribution < -0.4 is 9.80 Å². The highest BCUT2D eigenvalue weighted by Crippen LogP contribution is 2.37. The molecule has 0 amide bonds. The van der Waals surface area contributed by atoms with Crippen molar-refractivity contribution in [3.8, 4) is 11.1 Å². The molecule has 0 saturated carbocycles. The lowest BCUT2D eigenvalue weighted by molar-refractivity contribution is 1.26. The highest BCUT2D eigenvalue weighted by atomic mass is 15.1. The summed E-state index contributed by atoms with van der Waals surface area (Å²) in [6, 6.07) is 64.7. The molecule has 0 fully saturated rings. The highest BCUT2D eigenvalue weighted by Gasteiger charge is 2.14. The van der Waals surface area contributed by atoms with Crippen molar-refractivity contribution in [2.24, 2.45) is 0 Å². The molecule has 48 heavy (non-hydrogen) atoms. The number of anilines is 6. The van der Waals surface area contributed by atoms with Crippen molar-refractivity contribution in [1.29, 1.82) is 0 Å². The Hall–Kier alpha value is -6.12. The smallest absolute Gasteiger partial charge is 0.0464 e. The quantitative estimate of drug-likeness (QED) is 0.149. The van der Waals surface area contributed by atoms with Crippen LogP contribution in [0.4, 0.5) is 34.1 Å². The van der Waals surface area contributed by atoms with Gasteiger partial charge in [0.1, 0.15) is 0 Å². The van der Waals surface area contributed by atoms with E-state index in [-0.39, 0.29) is 0 Å². The third kappa shape index (κ3) is 6.99. The zero-order chi connectivity index (χ0) is 32.7. The van der Waals surface area contributed by atoms with Crippen LogP contribution in [-0.4, -0.2) is 0 Å². The van der Waals surface area contributed by atoms with Gasteiger partial charge in [0.2, 0.25) is 0 Å². The SMILES string of the molecule is Cc1cccc(N(c2ccc(C=Cc3ccc(N(c4ccccc4)c4ccc(-c5ccccc5)cc4)cc3)cc2)c2cccc(C)c2)c1. The maximum Gasteiger partial charge on any atom is 0.0464 e. The second kappa shape index (κ2) is 14.1. The molecule has 232 valence electrons. The van der Waals surface area contributed by atoms with Crippen molar-refractivity contribution >= 4 is 46.3 Å². The van der Waals surface area contributed by atoms with Gasteiger partial charge in [0.05, 0.1) is 0 Å². The van der Waals surface area contributed by atoms with E-state index in [1.165, 1.54) is 22.3 Å². The molecule has 0 N–H and O–H groups in total. The Balaban J connectivity index is 1.12. The molecule has 7 rings (SSSR count). The predicted octanol–water partition coefficient (Wildman–Crippen LogP) is 13.1. The van der Waals surface area contributed by atoms with Gasteiger partial charge in [0, 0.05) is 34.1 Å². The van der Waals surface area contributed by atoms with Gasteiger partial charge in [-0.15, -0.1) is 0 Å². The Morgan fingerprint density at radius 3 is 1.12 bits per heavy atom. The Bertz CT molecular complexity index is 2070. The van der Waals surface area contributed by atoms with Crippen molar-refractivity contribution in [1.82, 2.24) is 0 Å². The predicted molar refractivity (Wildman–Crippen MR) is 206 cm³/mol. The molecule has 7 aromatic rings. The standard InChI is InChI=1S/C46H38N2/c1-35-11-9-17-45(33-35)48(46-18-10-12-36(2)34-46)43-29-23-38(24-30-43)20-19-37-21-27-42(28-22-37)47(41-15-7-4-8-16-41)44-31-25-40(26-32-44)39-13-5-3-6-14-39/h3-34H,1-2H3. The van der Waals surface area contributed by atoms with Gasteiger partial charge in [-0.05, 0) is 120 Å². The topological polar surface area (TPSA) is 6.48 Å². The lowest BCUT2D eigenvalue weighted by Gasteiger charge is -2.26. The number of hydrogen-bond acceptors (Lipinski definition) is 2. The van der Waals surface area contributed by atoms with Crippen LogP contribution in [-0.2, 0) is 0 Å². The van der Waals surface area contributed by atoms with Crippen molar-refractivity contribution in [3.05, 3.63) is 204 Å². The molecule has 0 aliphatic heterocycles. The van der Waals surface area contributed by atoms with Gasteiger partial charge >= 0.3 is 0 Å². The van der Waals surface area contributed by atoms with Crippen molar-refractivity contribution in [3.63, 3.8) is 0 Å². The maximum absolute atomic E-state index is 2.32. The molecule has 0 radical (unpaired) electrons. The van der Waals surface area contributed by atoms with Crippen LogP contribution in [0.2, 0.25) is 0 Å². The molecule has 2 nitrogen and oxygen atoms in total. The summed E-state index contributed by atoms with van der Waals surface area (Å²) in [5, 5.41) is 0. The van der Waals surface area contributed by atoms with Crippen LogP contribution >= 0.6 is 0 Å². The zero-order valence-corrected chi connectivity index (χ0v) is 27.4. The first-order chi connectivity index (χ1) is 23.6. The fourth-order valence-corrected chi connectivity index (χ4v) is 6.10. The van der Waals surface area contributed by atoms with Gasteiger partial charge < -0.3 is 9.80 Å². The number of nitrogens with zero attached hydrogens (tertiary/aromatic N) is 2. The van der Waals surface area contributed by atoms with E-state index in [0.717, 1.165) is 45.3 Å². The third-order valence-electron chi connectivity index (χ3n) is 8.54. The first-order valence-electron chi connectivity index (χ1n) is 16.4. The van der Waals surface area contributed by atoms with E-state index < -0.39 is 0 Å². The van der Waals surface area contributed by atoms with Crippen molar-refractivity contribution in [2.45, 2.75) is 13.8 Å². The van der Waals surface area contributed by atoms with Gasteiger partial charge in [-0.3, -0.25) is 0 Å². The summed E-state index contributed by atoms with van der Waals surface area (Å²) in [7, 11) is 0. The minimum atomic E-state index is 1.11. The van der Waals surface area contributed by atoms with E-state index in [9.17, 15) is 0 Å². The van der Waals surface area contributed by atoms with E-state index >= 15 is 0 Å². The van der Waals surface area contributed by atoms with E-state index in [0.29, 0.717) is 0 Å². The summed E-state index contributed by atoms with van der Waals surface area (Å²) in [4.78, 5) is 4.62. The Morgan fingerprint density at radius 1 is 0.312 bits per heavy atom. The van der Waals surface area contributed by atoms with E-state index in [2.05, 4.69) is 218 Å². The Morgan fingerprint density at radius 2 is 0.667 bits per heavy atom. The van der Waals surface area contributed by atoms with Gasteiger partial charge in [-0.25, -0.2) is 0 Å². The second-order valence-corrected chi connectivity index (χ2v) is 12.1. The first-order valence-corrected chi connectivity index (χ1v) is 16.4. The van der Waals surface area contributed by atoms with E-state index in [4.69, 9.17) is 0 Å². The molecular formula is C46H38N2. The minimum absolute atomic E-state index is 1.11. The lowest BCUT2D eigenvalue weighted by atomic mass is 10.0. The molecule has 0 aliphatic carbocycles. The largest absolute Gasteiger partial charge is 0.311 e. The normalized spacial score (nSPS) is 11.0. The monoisotopic (exact) mass is 618 g/mol. The molecule has 0 aliphatic rings. The average molecular weight is 619 g/mol. The van der Waals surface area contributed by atoms with Crippen LogP contribution in [0.25, 0.3) is 23.3 Å². The fourth-order valence-electron chi connectivity index (χ4n) is 6.10. The second-order valence-electron chi connectivity index (χ2n) is 12.1. The summed E-state index contributed by atoms with van der Waals surface area (Å²) in [6.07, 6.45) is 4.36. The highest BCUT2D eigenvalue weighted by molar-refractivity contribution is 5.81. The van der Waals surface area contributed by atoms with Gasteiger partial charge in [-0.1, -0.05) is 121 Å². The average Bonchev–Trinajstić information content (AvgIpc) is 3.13. The van der Waals surface area contributed by atoms with Crippen LogP contribution in [0.3, 0.4) is 0 Å².